The summed E-state index contributed by atoms with van der Waals surface area (Å²) in [7, 11) is 0. The molecule has 3 N–H and O–H groups in total. The lowest BCUT2D eigenvalue weighted by molar-refractivity contribution is 1.05. The number of aromatic amines is 1. The van der Waals surface area contributed by atoms with Crippen molar-refractivity contribution in [3.8, 4) is 0 Å². The van der Waals surface area contributed by atoms with Crippen LogP contribution in [0.4, 0.5) is 33.7 Å². The van der Waals surface area contributed by atoms with Gasteiger partial charge in [0.1, 0.15) is 11.3 Å². The van der Waals surface area contributed by atoms with Gasteiger partial charge in [-0.3, -0.25) is 4.79 Å². The first kappa shape index (κ1) is 19.5. The zero-order valence-electron chi connectivity index (χ0n) is 16.4. The smallest absolute Gasteiger partial charge is 0.277 e. The van der Waals surface area contributed by atoms with Crippen LogP contribution in [0.2, 0.25) is 0 Å². The van der Waals surface area contributed by atoms with Gasteiger partial charge in [0.05, 0.1) is 5.69 Å². The van der Waals surface area contributed by atoms with E-state index in [0.29, 0.717) is 16.6 Å². The SMILES string of the molecule is Cc1ccc(Nc2cc(N=Nc3nncs3)c(=O)[nH]c2Nc2ccc(C)cc2)cc1. The maximum absolute atomic E-state index is 12.6. The van der Waals surface area contributed by atoms with Crippen molar-refractivity contribution >= 4 is 45.0 Å². The molecule has 0 radical (unpaired) electrons. The fourth-order valence-electron chi connectivity index (χ4n) is 2.67. The number of aromatic nitrogens is 3. The predicted molar refractivity (Wildman–Crippen MR) is 120 cm³/mol. The van der Waals surface area contributed by atoms with Crippen LogP contribution in [0, 0.1) is 13.8 Å². The van der Waals surface area contributed by atoms with Crippen LogP contribution in [0.3, 0.4) is 0 Å². The second-order valence-electron chi connectivity index (χ2n) is 6.68. The molecular formula is C21H19N7OS. The molecule has 0 amide bonds. The molecule has 2 aromatic carbocycles. The lowest BCUT2D eigenvalue weighted by atomic mass is 10.2. The standard InChI is InChI=1S/C21H19N7OS/c1-13-3-7-15(8-4-13)23-17-11-18(26-28-21-27-22-12-30-21)20(29)25-19(17)24-16-9-5-14(2)6-10-16/h3-12,23H,1-2H3,(H2,24,25,29). The summed E-state index contributed by atoms with van der Waals surface area (Å²) in [4.78, 5) is 15.4. The quantitative estimate of drug-likeness (QED) is 0.346. The monoisotopic (exact) mass is 417 g/mol. The second-order valence-corrected chi connectivity index (χ2v) is 7.49. The highest BCUT2D eigenvalue weighted by Crippen LogP contribution is 2.29. The van der Waals surface area contributed by atoms with Gasteiger partial charge in [-0.25, -0.2) is 0 Å². The van der Waals surface area contributed by atoms with Gasteiger partial charge in [0, 0.05) is 11.4 Å². The van der Waals surface area contributed by atoms with Crippen molar-refractivity contribution in [2.75, 3.05) is 10.6 Å². The van der Waals surface area contributed by atoms with Crippen LogP contribution in [0.25, 0.3) is 0 Å². The fraction of sp³-hybridized carbons (Fsp3) is 0.0952. The number of azo groups is 1. The van der Waals surface area contributed by atoms with Gasteiger partial charge in [-0.2, -0.15) is 0 Å². The molecule has 8 nitrogen and oxygen atoms in total. The summed E-state index contributed by atoms with van der Waals surface area (Å²) in [5, 5.41) is 22.5. The van der Waals surface area contributed by atoms with E-state index in [1.54, 1.807) is 11.6 Å². The lowest BCUT2D eigenvalue weighted by Gasteiger charge is -2.14. The minimum atomic E-state index is -0.368. The Morgan fingerprint density at radius 1 is 0.900 bits per heavy atom. The third-order valence-corrected chi connectivity index (χ3v) is 4.84. The Labute approximate surface area is 176 Å². The van der Waals surface area contributed by atoms with Crippen LogP contribution in [-0.4, -0.2) is 15.2 Å². The molecule has 150 valence electrons. The van der Waals surface area contributed by atoms with Gasteiger partial charge in [0.15, 0.2) is 5.69 Å². The van der Waals surface area contributed by atoms with E-state index < -0.39 is 0 Å². The summed E-state index contributed by atoms with van der Waals surface area (Å²) in [6.45, 7) is 4.05. The fourth-order valence-corrected chi connectivity index (χ4v) is 3.04. The number of hydrogen-bond donors (Lipinski definition) is 3. The second kappa shape index (κ2) is 8.66. The van der Waals surface area contributed by atoms with Crippen molar-refractivity contribution in [3.05, 3.63) is 81.6 Å². The normalized spacial score (nSPS) is 11.0. The Kier molecular flexibility index (Phi) is 5.62. The number of rotatable bonds is 6. The van der Waals surface area contributed by atoms with Crippen LogP contribution in [0.1, 0.15) is 11.1 Å². The average Bonchev–Trinajstić information content (AvgIpc) is 3.26. The molecule has 0 unspecified atom stereocenters. The van der Waals surface area contributed by atoms with Gasteiger partial charge in [0.25, 0.3) is 10.7 Å². The van der Waals surface area contributed by atoms with Crippen molar-refractivity contribution in [2.24, 2.45) is 10.2 Å². The maximum atomic E-state index is 12.6. The molecule has 0 aliphatic heterocycles. The molecule has 0 saturated heterocycles. The number of anilines is 4. The van der Waals surface area contributed by atoms with Gasteiger partial charge in [-0.05, 0) is 44.2 Å². The minimum Gasteiger partial charge on any atom is -0.352 e. The molecule has 2 heterocycles. The first-order valence-corrected chi connectivity index (χ1v) is 10.1. The van der Waals surface area contributed by atoms with E-state index in [-0.39, 0.29) is 11.2 Å². The van der Waals surface area contributed by atoms with Gasteiger partial charge in [-0.15, -0.1) is 20.4 Å². The van der Waals surface area contributed by atoms with E-state index in [2.05, 4.69) is 36.0 Å². The molecule has 0 atom stereocenters. The summed E-state index contributed by atoms with van der Waals surface area (Å²) in [5.74, 6) is 0.527. The molecule has 4 rings (SSSR count). The topological polar surface area (TPSA) is 107 Å². The van der Waals surface area contributed by atoms with Gasteiger partial charge < -0.3 is 15.6 Å². The molecule has 30 heavy (non-hydrogen) atoms. The van der Waals surface area contributed by atoms with Crippen LogP contribution < -0.4 is 16.2 Å². The first-order valence-electron chi connectivity index (χ1n) is 9.19. The molecule has 0 bridgehead atoms. The summed E-state index contributed by atoms with van der Waals surface area (Å²) < 4.78 is 0. The first-order chi connectivity index (χ1) is 14.6. The Morgan fingerprint density at radius 2 is 1.53 bits per heavy atom. The van der Waals surface area contributed by atoms with E-state index in [1.165, 1.54) is 11.3 Å². The van der Waals surface area contributed by atoms with Crippen molar-refractivity contribution in [2.45, 2.75) is 13.8 Å². The average molecular weight is 417 g/mol. The number of hydrogen-bond acceptors (Lipinski definition) is 8. The van der Waals surface area contributed by atoms with Crippen LogP contribution in [-0.2, 0) is 0 Å². The Bertz CT molecular complexity index is 1210. The molecular weight excluding hydrogens is 398 g/mol. The van der Waals surface area contributed by atoms with Crippen LogP contribution >= 0.6 is 11.3 Å². The number of H-pyrrole nitrogens is 1. The largest absolute Gasteiger partial charge is 0.352 e. The third kappa shape index (κ3) is 4.76. The highest BCUT2D eigenvalue weighted by atomic mass is 32.1. The van der Waals surface area contributed by atoms with Crippen molar-refractivity contribution in [1.29, 1.82) is 0 Å². The zero-order valence-corrected chi connectivity index (χ0v) is 17.2. The number of nitrogens with zero attached hydrogens (tertiary/aromatic N) is 4. The van der Waals surface area contributed by atoms with Gasteiger partial charge in [0.2, 0.25) is 0 Å². The molecule has 0 saturated carbocycles. The predicted octanol–water partition coefficient (Wildman–Crippen LogP) is 5.75. The molecule has 4 aromatic rings. The third-order valence-electron chi connectivity index (χ3n) is 4.26. The van der Waals surface area contributed by atoms with Gasteiger partial charge in [-0.1, -0.05) is 46.7 Å². The number of benzene rings is 2. The maximum Gasteiger partial charge on any atom is 0.277 e. The van der Waals surface area contributed by atoms with E-state index in [4.69, 9.17) is 0 Å². The number of nitrogens with one attached hydrogen (secondary N) is 3. The molecule has 0 spiro atoms. The highest BCUT2D eigenvalue weighted by molar-refractivity contribution is 7.13. The van der Waals surface area contributed by atoms with E-state index in [0.717, 1.165) is 22.5 Å². The summed E-state index contributed by atoms with van der Waals surface area (Å²) in [6, 6.07) is 17.5. The van der Waals surface area contributed by atoms with Crippen molar-refractivity contribution in [3.63, 3.8) is 0 Å². The van der Waals surface area contributed by atoms with E-state index >= 15 is 0 Å². The van der Waals surface area contributed by atoms with E-state index in [1.807, 2.05) is 62.4 Å². The molecule has 0 aliphatic rings. The molecule has 0 fully saturated rings. The summed E-state index contributed by atoms with van der Waals surface area (Å²) in [5.41, 5.74) is 6.05. The number of pyridine rings is 1. The van der Waals surface area contributed by atoms with Crippen LogP contribution in [0.15, 0.2) is 75.1 Å². The molecule has 2 aromatic heterocycles. The minimum absolute atomic E-state index is 0.161. The molecule has 9 heteroatoms. The number of aryl methyl sites for hydroxylation is 2. The summed E-state index contributed by atoms with van der Waals surface area (Å²) in [6.07, 6.45) is 0. The van der Waals surface area contributed by atoms with Crippen LogP contribution in [0.5, 0.6) is 0 Å². The van der Waals surface area contributed by atoms with E-state index in [9.17, 15) is 4.79 Å². The summed E-state index contributed by atoms with van der Waals surface area (Å²) >= 11 is 1.24. The highest BCUT2D eigenvalue weighted by Gasteiger charge is 2.10. The van der Waals surface area contributed by atoms with Crippen molar-refractivity contribution in [1.82, 2.24) is 15.2 Å². The van der Waals surface area contributed by atoms with Crippen molar-refractivity contribution < 1.29 is 0 Å². The Balaban J connectivity index is 1.71. The lowest BCUT2D eigenvalue weighted by Crippen LogP contribution is -2.10. The molecule has 0 aliphatic carbocycles. The Morgan fingerprint density at radius 3 is 2.13 bits per heavy atom. The van der Waals surface area contributed by atoms with Gasteiger partial charge >= 0.3 is 0 Å². The Hall–Kier alpha value is -3.85. The zero-order chi connectivity index (χ0) is 20.9.